The highest BCUT2D eigenvalue weighted by atomic mass is 32.1. The van der Waals surface area contributed by atoms with Crippen LogP contribution in [0.3, 0.4) is 0 Å². The Bertz CT molecular complexity index is 660. The molecule has 0 N–H and O–H groups in total. The summed E-state index contributed by atoms with van der Waals surface area (Å²) in [5, 5.41) is 0. The first-order valence-electron chi connectivity index (χ1n) is 6.20. The molecule has 1 aliphatic heterocycles. The molecular weight excluding hydrogens is 258 g/mol. The summed E-state index contributed by atoms with van der Waals surface area (Å²) >= 11 is 1.47. The van der Waals surface area contributed by atoms with Crippen LogP contribution in [0, 0.1) is 0 Å². The molecule has 3 rings (SSSR count). The predicted octanol–water partition coefficient (Wildman–Crippen LogP) is 3.20. The second kappa shape index (κ2) is 4.63. The zero-order valence-electron chi connectivity index (χ0n) is 10.6. The molecule has 0 spiro atoms. The van der Waals surface area contributed by atoms with Gasteiger partial charge in [0.1, 0.15) is 0 Å². The van der Waals surface area contributed by atoms with Gasteiger partial charge in [-0.1, -0.05) is 6.07 Å². The molecule has 0 saturated carbocycles. The van der Waals surface area contributed by atoms with E-state index in [2.05, 4.69) is 6.07 Å². The second-order valence-corrected chi connectivity index (χ2v) is 5.63. The van der Waals surface area contributed by atoms with Crippen molar-refractivity contribution < 1.29 is 9.59 Å². The van der Waals surface area contributed by atoms with Crippen LogP contribution in [0.15, 0.2) is 30.3 Å². The number of benzene rings is 1. The van der Waals surface area contributed by atoms with E-state index in [1.807, 2.05) is 36.1 Å². The Morgan fingerprint density at radius 3 is 2.84 bits per heavy atom. The molecule has 0 atom stereocenters. The largest absolute Gasteiger partial charge is 0.335 e. The van der Waals surface area contributed by atoms with Gasteiger partial charge in [0.05, 0.1) is 4.88 Å². The summed E-state index contributed by atoms with van der Waals surface area (Å²) in [7, 11) is 0. The molecular formula is C15H13NO2S. The minimum absolute atomic E-state index is 0.115. The van der Waals surface area contributed by atoms with E-state index >= 15 is 0 Å². The SMILES string of the molecule is CCN1Cc2cc(-c3ccc(C=O)s3)ccc2C1=O. The van der Waals surface area contributed by atoms with Crippen LogP contribution < -0.4 is 0 Å². The van der Waals surface area contributed by atoms with E-state index in [1.54, 1.807) is 0 Å². The summed E-state index contributed by atoms with van der Waals surface area (Å²) in [6, 6.07) is 9.68. The van der Waals surface area contributed by atoms with Crippen molar-refractivity contribution in [1.29, 1.82) is 0 Å². The highest BCUT2D eigenvalue weighted by molar-refractivity contribution is 7.17. The first-order valence-corrected chi connectivity index (χ1v) is 7.02. The summed E-state index contributed by atoms with van der Waals surface area (Å²) in [6.07, 6.45) is 0.865. The zero-order chi connectivity index (χ0) is 13.4. The van der Waals surface area contributed by atoms with Gasteiger partial charge in [-0.05, 0) is 42.3 Å². The number of amides is 1. The normalized spacial score (nSPS) is 13.7. The Hall–Kier alpha value is -1.94. The third-order valence-corrected chi connectivity index (χ3v) is 4.45. The number of nitrogens with zero attached hydrogens (tertiary/aromatic N) is 1. The molecule has 2 heterocycles. The molecule has 0 unspecified atom stereocenters. The number of hydrogen-bond acceptors (Lipinski definition) is 3. The van der Waals surface area contributed by atoms with Crippen LogP contribution in [0.25, 0.3) is 10.4 Å². The minimum atomic E-state index is 0.115. The molecule has 4 heteroatoms. The van der Waals surface area contributed by atoms with Gasteiger partial charge in [-0.3, -0.25) is 9.59 Å². The molecule has 2 aromatic rings. The summed E-state index contributed by atoms with van der Waals surface area (Å²) < 4.78 is 0. The lowest BCUT2D eigenvalue weighted by atomic mass is 10.1. The predicted molar refractivity (Wildman–Crippen MR) is 75.6 cm³/mol. The van der Waals surface area contributed by atoms with E-state index in [-0.39, 0.29) is 5.91 Å². The van der Waals surface area contributed by atoms with Crippen LogP contribution >= 0.6 is 11.3 Å². The van der Waals surface area contributed by atoms with Gasteiger partial charge in [-0.25, -0.2) is 0 Å². The fourth-order valence-corrected chi connectivity index (χ4v) is 3.18. The van der Waals surface area contributed by atoms with Crippen molar-refractivity contribution in [1.82, 2.24) is 4.90 Å². The number of thiophene rings is 1. The smallest absolute Gasteiger partial charge is 0.254 e. The van der Waals surface area contributed by atoms with Gasteiger partial charge in [0.2, 0.25) is 0 Å². The van der Waals surface area contributed by atoms with Crippen molar-refractivity contribution in [2.75, 3.05) is 6.54 Å². The summed E-state index contributed by atoms with van der Waals surface area (Å²) in [5.41, 5.74) is 2.95. The third-order valence-electron chi connectivity index (χ3n) is 3.39. The van der Waals surface area contributed by atoms with Crippen molar-refractivity contribution >= 4 is 23.5 Å². The van der Waals surface area contributed by atoms with E-state index < -0.39 is 0 Å². The lowest BCUT2D eigenvalue weighted by Gasteiger charge is -2.10. The van der Waals surface area contributed by atoms with E-state index in [4.69, 9.17) is 0 Å². The van der Waals surface area contributed by atoms with Crippen LogP contribution in [-0.2, 0) is 6.54 Å². The topological polar surface area (TPSA) is 37.4 Å². The summed E-state index contributed by atoms with van der Waals surface area (Å²) in [4.78, 5) is 26.3. The fraction of sp³-hybridized carbons (Fsp3) is 0.200. The van der Waals surface area contributed by atoms with Crippen LogP contribution in [0.5, 0.6) is 0 Å². The summed E-state index contributed by atoms with van der Waals surface area (Å²) in [5.74, 6) is 0.115. The number of fused-ring (bicyclic) bond motifs is 1. The Morgan fingerprint density at radius 1 is 1.32 bits per heavy atom. The van der Waals surface area contributed by atoms with E-state index in [0.29, 0.717) is 6.54 Å². The van der Waals surface area contributed by atoms with Crippen molar-refractivity contribution in [3.05, 3.63) is 46.3 Å². The van der Waals surface area contributed by atoms with Gasteiger partial charge in [0, 0.05) is 23.5 Å². The highest BCUT2D eigenvalue weighted by Crippen LogP contribution is 2.31. The first-order chi connectivity index (χ1) is 9.22. The van der Waals surface area contributed by atoms with Gasteiger partial charge >= 0.3 is 0 Å². The molecule has 0 saturated heterocycles. The second-order valence-electron chi connectivity index (χ2n) is 4.51. The lowest BCUT2D eigenvalue weighted by molar-refractivity contribution is 0.0787. The maximum absolute atomic E-state index is 12.0. The van der Waals surface area contributed by atoms with E-state index in [9.17, 15) is 9.59 Å². The first kappa shape index (κ1) is 12.1. The molecule has 1 aromatic heterocycles. The molecule has 0 aliphatic carbocycles. The monoisotopic (exact) mass is 271 g/mol. The number of carbonyl (C=O) groups is 2. The minimum Gasteiger partial charge on any atom is -0.335 e. The number of rotatable bonds is 3. The standard InChI is InChI=1S/C15H13NO2S/c1-2-16-8-11-7-10(3-5-13(11)15(16)18)14-6-4-12(9-17)19-14/h3-7,9H,2,8H2,1H3. The molecule has 1 aromatic carbocycles. The summed E-state index contributed by atoms with van der Waals surface area (Å²) in [6.45, 7) is 3.40. The molecule has 0 radical (unpaired) electrons. The molecule has 96 valence electrons. The van der Waals surface area contributed by atoms with Crippen LogP contribution in [0.4, 0.5) is 0 Å². The van der Waals surface area contributed by atoms with Crippen LogP contribution in [-0.4, -0.2) is 23.6 Å². The molecule has 3 nitrogen and oxygen atoms in total. The quantitative estimate of drug-likeness (QED) is 0.804. The number of aldehydes is 1. The van der Waals surface area contributed by atoms with Gasteiger partial charge in [0.25, 0.3) is 5.91 Å². The molecule has 0 fully saturated rings. The van der Waals surface area contributed by atoms with Gasteiger partial charge in [-0.2, -0.15) is 0 Å². The van der Waals surface area contributed by atoms with E-state index in [0.717, 1.165) is 39.3 Å². The molecule has 19 heavy (non-hydrogen) atoms. The van der Waals surface area contributed by atoms with Crippen LogP contribution in [0.1, 0.15) is 32.5 Å². The Balaban J connectivity index is 1.99. The Kier molecular flexibility index (Phi) is 2.95. The number of hydrogen-bond donors (Lipinski definition) is 0. The van der Waals surface area contributed by atoms with Gasteiger partial charge < -0.3 is 4.90 Å². The average molecular weight is 271 g/mol. The maximum atomic E-state index is 12.0. The Labute approximate surface area is 115 Å². The van der Waals surface area contributed by atoms with Crippen molar-refractivity contribution in [2.45, 2.75) is 13.5 Å². The Morgan fingerprint density at radius 2 is 2.16 bits per heavy atom. The maximum Gasteiger partial charge on any atom is 0.254 e. The van der Waals surface area contributed by atoms with Crippen molar-refractivity contribution in [3.8, 4) is 10.4 Å². The lowest BCUT2D eigenvalue weighted by Crippen LogP contribution is -2.22. The highest BCUT2D eigenvalue weighted by Gasteiger charge is 2.26. The van der Waals surface area contributed by atoms with Crippen molar-refractivity contribution in [2.24, 2.45) is 0 Å². The number of carbonyl (C=O) groups excluding carboxylic acids is 2. The average Bonchev–Trinajstić information content (AvgIpc) is 3.03. The van der Waals surface area contributed by atoms with Crippen LogP contribution in [0.2, 0.25) is 0 Å². The van der Waals surface area contributed by atoms with Gasteiger partial charge in [0.15, 0.2) is 6.29 Å². The third kappa shape index (κ3) is 1.98. The molecule has 1 aliphatic rings. The van der Waals surface area contributed by atoms with Crippen molar-refractivity contribution in [3.63, 3.8) is 0 Å². The fourth-order valence-electron chi connectivity index (χ4n) is 2.36. The molecule has 0 bridgehead atoms. The van der Waals surface area contributed by atoms with Gasteiger partial charge in [-0.15, -0.1) is 11.3 Å². The van der Waals surface area contributed by atoms with E-state index in [1.165, 1.54) is 11.3 Å². The molecule has 1 amide bonds. The zero-order valence-corrected chi connectivity index (χ0v) is 11.4.